The predicted molar refractivity (Wildman–Crippen MR) is 95.7 cm³/mol. The fourth-order valence-electron chi connectivity index (χ4n) is 2.82. The summed E-state index contributed by atoms with van der Waals surface area (Å²) < 4.78 is 0.708. The van der Waals surface area contributed by atoms with Gasteiger partial charge < -0.3 is 25.7 Å². The monoisotopic (exact) mass is 445 g/mol. The minimum Gasteiger partial charge on any atom is -0.504 e. The van der Waals surface area contributed by atoms with Gasteiger partial charge in [0.25, 0.3) is 0 Å². The summed E-state index contributed by atoms with van der Waals surface area (Å²) in [6.45, 7) is 0.767. The molecule has 0 amide bonds. The van der Waals surface area contributed by atoms with Crippen LogP contribution in [0.2, 0.25) is 0 Å². The van der Waals surface area contributed by atoms with Crippen molar-refractivity contribution in [3.05, 3.63) is 45.4 Å². The number of fused-ring (bicyclic) bond motifs is 1. The molecule has 1 atom stereocenters. The Balaban J connectivity index is 0.00000192. The number of hydrogen-bond acceptors (Lipinski definition) is 5. The van der Waals surface area contributed by atoms with E-state index in [2.05, 4.69) is 21.2 Å². The molecule has 2 aromatic rings. The van der Waals surface area contributed by atoms with Gasteiger partial charge in [0, 0.05) is 10.5 Å². The molecule has 124 valence electrons. The third kappa shape index (κ3) is 3.57. The molecule has 0 aromatic heterocycles. The first-order valence-electron chi connectivity index (χ1n) is 6.94. The van der Waals surface area contributed by atoms with Crippen LogP contribution in [0.25, 0.3) is 0 Å². The van der Waals surface area contributed by atoms with E-state index in [4.69, 9.17) is 0 Å². The molecule has 0 saturated heterocycles. The Hall–Kier alpha value is -1.44. The predicted octanol–water partition coefficient (Wildman–Crippen LogP) is 3.28. The van der Waals surface area contributed by atoms with Crippen LogP contribution in [0.3, 0.4) is 0 Å². The average Bonchev–Trinajstić information content (AvgIpc) is 2.46. The van der Waals surface area contributed by atoms with Crippen LogP contribution in [0.4, 0.5) is 0 Å². The summed E-state index contributed by atoms with van der Waals surface area (Å²) in [5.41, 5.74) is 2.77. The number of benzene rings is 2. The van der Waals surface area contributed by atoms with E-state index in [0.717, 1.165) is 29.7 Å². The Morgan fingerprint density at radius 3 is 2.30 bits per heavy atom. The van der Waals surface area contributed by atoms with Gasteiger partial charge in [-0.2, -0.15) is 0 Å². The molecule has 1 aliphatic rings. The standard InChI is InChI=1S/C16H16BrNO4.BrH/c17-11-7-16(22)14(20)5-9(11)3-12-10-6-15(21)13(19)4-8(10)1-2-18-12;/h4-7,12,18-22H,1-3H2;1H. The third-order valence-electron chi connectivity index (χ3n) is 3.96. The maximum absolute atomic E-state index is 9.73. The first-order valence-corrected chi connectivity index (χ1v) is 7.73. The lowest BCUT2D eigenvalue weighted by Crippen LogP contribution is -2.31. The number of aromatic hydroxyl groups is 4. The number of nitrogens with one attached hydrogen (secondary N) is 1. The molecule has 0 bridgehead atoms. The molecule has 5 nitrogen and oxygen atoms in total. The highest BCUT2D eigenvalue weighted by Crippen LogP contribution is 2.37. The molecule has 5 N–H and O–H groups in total. The van der Waals surface area contributed by atoms with Crippen molar-refractivity contribution in [2.75, 3.05) is 6.54 Å². The minimum atomic E-state index is -0.171. The highest BCUT2D eigenvalue weighted by Gasteiger charge is 2.23. The van der Waals surface area contributed by atoms with Crippen LogP contribution in [-0.2, 0) is 12.8 Å². The van der Waals surface area contributed by atoms with Gasteiger partial charge in [-0.1, -0.05) is 15.9 Å². The zero-order valence-electron chi connectivity index (χ0n) is 12.1. The van der Waals surface area contributed by atoms with Crippen LogP contribution in [0, 0.1) is 0 Å². The van der Waals surface area contributed by atoms with Crippen LogP contribution in [0.5, 0.6) is 23.0 Å². The largest absolute Gasteiger partial charge is 0.504 e. The number of phenols is 4. The van der Waals surface area contributed by atoms with Gasteiger partial charge in [-0.25, -0.2) is 0 Å². The minimum absolute atomic E-state index is 0. The molecule has 0 aliphatic carbocycles. The van der Waals surface area contributed by atoms with Crippen molar-refractivity contribution in [3.63, 3.8) is 0 Å². The second-order valence-corrected chi connectivity index (χ2v) is 6.29. The van der Waals surface area contributed by atoms with E-state index in [1.54, 1.807) is 12.1 Å². The summed E-state index contributed by atoms with van der Waals surface area (Å²) in [5.74, 6) is -0.582. The molecule has 1 unspecified atom stereocenters. The summed E-state index contributed by atoms with van der Waals surface area (Å²) in [7, 11) is 0. The second kappa shape index (κ2) is 6.98. The van der Waals surface area contributed by atoms with Gasteiger partial charge in [-0.3, -0.25) is 0 Å². The molecular weight excluding hydrogens is 430 g/mol. The summed E-state index contributed by atoms with van der Waals surface area (Å²) in [6, 6.07) is 6.12. The quantitative estimate of drug-likeness (QED) is 0.456. The normalized spacial score (nSPS) is 16.5. The van der Waals surface area contributed by atoms with Crippen molar-refractivity contribution < 1.29 is 20.4 Å². The molecule has 2 aromatic carbocycles. The highest BCUT2D eigenvalue weighted by atomic mass is 79.9. The van der Waals surface area contributed by atoms with Crippen molar-refractivity contribution >= 4 is 32.9 Å². The topological polar surface area (TPSA) is 93.0 Å². The smallest absolute Gasteiger partial charge is 0.158 e. The SMILES string of the molecule is Br.Oc1cc(Br)c(CC2NCCc3cc(O)c(O)cc32)cc1O. The molecule has 0 saturated carbocycles. The Morgan fingerprint density at radius 2 is 1.57 bits per heavy atom. The lowest BCUT2D eigenvalue weighted by Gasteiger charge is -2.28. The number of hydrogen-bond donors (Lipinski definition) is 5. The van der Waals surface area contributed by atoms with Gasteiger partial charge in [0.1, 0.15) is 0 Å². The number of rotatable bonds is 2. The van der Waals surface area contributed by atoms with Gasteiger partial charge in [-0.05, 0) is 60.3 Å². The Kier molecular flexibility index (Phi) is 5.44. The molecule has 3 rings (SSSR count). The zero-order valence-corrected chi connectivity index (χ0v) is 15.4. The van der Waals surface area contributed by atoms with Crippen molar-refractivity contribution in [1.82, 2.24) is 5.32 Å². The molecule has 7 heteroatoms. The van der Waals surface area contributed by atoms with Crippen molar-refractivity contribution in [2.24, 2.45) is 0 Å². The van der Waals surface area contributed by atoms with Crippen LogP contribution in [-0.4, -0.2) is 27.0 Å². The fraction of sp³-hybridized carbons (Fsp3) is 0.250. The summed E-state index contributed by atoms with van der Waals surface area (Å²) in [6.07, 6.45) is 1.35. The van der Waals surface area contributed by atoms with Crippen LogP contribution < -0.4 is 5.32 Å². The second-order valence-electron chi connectivity index (χ2n) is 5.43. The van der Waals surface area contributed by atoms with Crippen molar-refractivity contribution in [3.8, 4) is 23.0 Å². The lowest BCUT2D eigenvalue weighted by atomic mass is 9.90. The third-order valence-corrected chi connectivity index (χ3v) is 4.70. The number of phenolic OH excluding ortho intramolecular Hbond substituents is 4. The van der Waals surface area contributed by atoms with E-state index >= 15 is 0 Å². The van der Waals surface area contributed by atoms with Crippen LogP contribution in [0.15, 0.2) is 28.7 Å². The molecule has 0 spiro atoms. The lowest BCUT2D eigenvalue weighted by molar-refractivity contribution is 0.397. The first kappa shape index (κ1) is 17.9. The van der Waals surface area contributed by atoms with Gasteiger partial charge in [0.15, 0.2) is 23.0 Å². The highest BCUT2D eigenvalue weighted by molar-refractivity contribution is 9.10. The molecular formula is C16H17Br2NO4. The molecule has 1 aliphatic heterocycles. The summed E-state index contributed by atoms with van der Waals surface area (Å²) in [4.78, 5) is 0. The van der Waals surface area contributed by atoms with E-state index in [1.807, 2.05) is 0 Å². The van der Waals surface area contributed by atoms with Crippen molar-refractivity contribution in [1.29, 1.82) is 0 Å². The summed E-state index contributed by atoms with van der Waals surface area (Å²) >= 11 is 3.39. The Bertz CT molecular complexity index is 737. The Morgan fingerprint density at radius 1 is 0.957 bits per heavy atom. The van der Waals surface area contributed by atoms with E-state index < -0.39 is 0 Å². The molecule has 0 fully saturated rings. The van der Waals surface area contributed by atoms with Gasteiger partial charge in [0.05, 0.1) is 0 Å². The van der Waals surface area contributed by atoms with E-state index in [1.165, 1.54) is 12.1 Å². The average molecular weight is 447 g/mol. The number of halogens is 2. The molecule has 0 radical (unpaired) electrons. The van der Waals surface area contributed by atoms with Gasteiger partial charge >= 0.3 is 0 Å². The van der Waals surface area contributed by atoms with E-state index in [0.29, 0.717) is 10.9 Å². The first-order chi connectivity index (χ1) is 10.5. The Labute approximate surface area is 152 Å². The van der Waals surface area contributed by atoms with E-state index in [9.17, 15) is 20.4 Å². The maximum Gasteiger partial charge on any atom is 0.158 e. The van der Waals surface area contributed by atoms with Gasteiger partial charge in [-0.15, -0.1) is 17.0 Å². The maximum atomic E-state index is 9.73. The van der Waals surface area contributed by atoms with Crippen LogP contribution in [0.1, 0.15) is 22.7 Å². The van der Waals surface area contributed by atoms with E-state index in [-0.39, 0.29) is 46.0 Å². The molecule has 1 heterocycles. The van der Waals surface area contributed by atoms with Crippen molar-refractivity contribution in [2.45, 2.75) is 18.9 Å². The fourth-order valence-corrected chi connectivity index (χ4v) is 3.31. The summed E-state index contributed by atoms with van der Waals surface area (Å²) in [5, 5.41) is 41.9. The van der Waals surface area contributed by atoms with Gasteiger partial charge in [0.2, 0.25) is 0 Å². The van der Waals surface area contributed by atoms with Crippen LogP contribution >= 0.6 is 32.9 Å². The molecule has 23 heavy (non-hydrogen) atoms. The zero-order chi connectivity index (χ0) is 15.9.